The van der Waals surface area contributed by atoms with Gasteiger partial charge in [0, 0.05) is 0 Å². The number of carbonyl (C=O) groups is 1. The number of ether oxygens (including phenoxy) is 3. The van der Waals surface area contributed by atoms with Crippen LogP contribution in [0.5, 0.6) is 17.2 Å². The summed E-state index contributed by atoms with van der Waals surface area (Å²) in [5.74, 6) is 1.58. The number of nitrogens with two attached hydrogens (primary N) is 1. The molecular formula is C21H22BrN5O4S. The topological polar surface area (TPSA) is 121 Å². The van der Waals surface area contributed by atoms with Gasteiger partial charge in [0.05, 0.1) is 23.7 Å². The van der Waals surface area contributed by atoms with Gasteiger partial charge in [-0.15, -0.1) is 10.2 Å². The van der Waals surface area contributed by atoms with Crippen LogP contribution in [0.2, 0.25) is 0 Å². The zero-order chi connectivity index (χ0) is 22.8. The lowest BCUT2D eigenvalue weighted by Gasteiger charge is -2.15. The summed E-state index contributed by atoms with van der Waals surface area (Å²) >= 11 is 4.67. The number of hydrogen-bond acceptors (Lipinski definition) is 9. The molecule has 1 heterocycles. The zero-order valence-electron chi connectivity index (χ0n) is 17.3. The molecule has 3 N–H and O–H groups in total. The third kappa shape index (κ3) is 7.20. The monoisotopic (exact) mass is 519 g/mol. The summed E-state index contributed by atoms with van der Waals surface area (Å²) in [6.45, 7) is 3.08. The molecule has 3 rings (SSSR count). The van der Waals surface area contributed by atoms with Gasteiger partial charge in [-0.1, -0.05) is 29.5 Å². The van der Waals surface area contributed by atoms with Crippen LogP contribution in [0, 0.1) is 0 Å². The van der Waals surface area contributed by atoms with Gasteiger partial charge < -0.3 is 19.9 Å². The quantitative estimate of drug-likeness (QED) is 0.226. The van der Waals surface area contributed by atoms with Crippen molar-refractivity contribution in [3.05, 3.63) is 57.5 Å². The molecule has 0 atom stereocenters. The van der Waals surface area contributed by atoms with E-state index < -0.39 is 0 Å². The van der Waals surface area contributed by atoms with Crippen LogP contribution < -0.4 is 25.4 Å². The fourth-order valence-corrected chi connectivity index (χ4v) is 3.76. The smallest absolute Gasteiger partial charge is 0.247 e. The highest BCUT2D eigenvalue weighted by molar-refractivity contribution is 9.10. The molecule has 168 valence electrons. The summed E-state index contributed by atoms with van der Waals surface area (Å²) in [5.41, 5.74) is 8.68. The first-order valence-electron chi connectivity index (χ1n) is 9.72. The number of para-hydroxylation sites is 1. The van der Waals surface area contributed by atoms with Gasteiger partial charge in [0.2, 0.25) is 11.0 Å². The van der Waals surface area contributed by atoms with E-state index in [1.807, 2.05) is 43.3 Å². The molecule has 1 aromatic heterocycles. The van der Waals surface area contributed by atoms with E-state index in [2.05, 4.69) is 36.7 Å². The first-order chi connectivity index (χ1) is 15.5. The Balaban J connectivity index is 1.57. The van der Waals surface area contributed by atoms with E-state index in [1.54, 1.807) is 6.07 Å². The van der Waals surface area contributed by atoms with Gasteiger partial charge in [0.25, 0.3) is 0 Å². The van der Waals surface area contributed by atoms with Crippen LogP contribution in [-0.4, -0.2) is 42.1 Å². The number of nitrogens with one attached hydrogen (secondary N) is 1. The predicted octanol–water partition coefficient (Wildman–Crippen LogP) is 3.43. The molecule has 0 aliphatic heterocycles. The maximum atomic E-state index is 12.0. The van der Waals surface area contributed by atoms with Crippen molar-refractivity contribution >= 4 is 44.5 Å². The van der Waals surface area contributed by atoms with Crippen molar-refractivity contribution < 1.29 is 19.0 Å². The van der Waals surface area contributed by atoms with Crippen molar-refractivity contribution in [2.24, 2.45) is 5.10 Å². The molecule has 0 radical (unpaired) electrons. The van der Waals surface area contributed by atoms with Crippen LogP contribution in [0.1, 0.15) is 17.5 Å². The Morgan fingerprint density at radius 2 is 1.97 bits per heavy atom. The highest BCUT2D eigenvalue weighted by Crippen LogP contribution is 2.36. The van der Waals surface area contributed by atoms with Gasteiger partial charge in [0.15, 0.2) is 11.5 Å². The van der Waals surface area contributed by atoms with Crippen molar-refractivity contribution in [1.29, 1.82) is 0 Å². The summed E-state index contributed by atoms with van der Waals surface area (Å²) in [6.07, 6.45) is 1.57. The van der Waals surface area contributed by atoms with E-state index in [-0.39, 0.29) is 12.3 Å². The molecule has 1 amide bonds. The number of nitrogen functional groups attached to an aromatic ring is 1. The van der Waals surface area contributed by atoms with Crippen molar-refractivity contribution in [2.45, 2.75) is 13.3 Å². The SMILES string of the molecule is CCOc1cc(C=NNC(=O)Cc2nnc(N)s2)cc(Br)c1OCCOc1ccccc1. The molecule has 0 unspecified atom stereocenters. The normalized spacial score (nSPS) is 10.8. The van der Waals surface area contributed by atoms with Crippen LogP contribution in [0.4, 0.5) is 5.13 Å². The van der Waals surface area contributed by atoms with E-state index in [9.17, 15) is 4.79 Å². The van der Waals surface area contributed by atoms with Crippen LogP contribution in [0.3, 0.4) is 0 Å². The van der Waals surface area contributed by atoms with Crippen LogP contribution in [0.15, 0.2) is 52.0 Å². The average molecular weight is 520 g/mol. The first-order valence-corrected chi connectivity index (χ1v) is 11.3. The maximum Gasteiger partial charge on any atom is 0.247 e. The Hall–Kier alpha value is -3.18. The number of benzene rings is 2. The van der Waals surface area contributed by atoms with Crippen LogP contribution in [0.25, 0.3) is 0 Å². The summed E-state index contributed by atoms with van der Waals surface area (Å²) in [6, 6.07) is 13.1. The third-order valence-electron chi connectivity index (χ3n) is 3.87. The molecule has 0 saturated heterocycles. The van der Waals surface area contributed by atoms with Gasteiger partial charge in [-0.05, 0) is 52.7 Å². The lowest BCUT2D eigenvalue weighted by Crippen LogP contribution is -2.19. The van der Waals surface area contributed by atoms with Crippen LogP contribution >= 0.6 is 27.3 Å². The minimum absolute atomic E-state index is 0.0535. The third-order valence-corrected chi connectivity index (χ3v) is 5.21. The van der Waals surface area contributed by atoms with E-state index >= 15 is 0 Å². The number of aromatic nitrogens is 2. The minimum Gasteiger partial charge on any atom is -0.490 e. The Morgan fingerprint density at radius 1 is 1.19 bits per heavy atom. The molecular weight excluding hydrogens is 498 g/mol. The average Bonchev–Trinajstić information content (AvgIpc) is 3.18. The van der Waals surface area contributed by atoms with Gasteiger partial charge in [-0.3, -0.25) is 4.79 Å². The molecule has 11 heteroatoms. The number of amides is 1. The molecule has 0 saturated carbocycles. The molecule has 32 heavy (non-hydrogen) atoms. The van der Waals surface area contributed by atoms with Gasteiger partial charge in [0.1, 0.15) is 24.0 Å². The van der Waals surface area contributed by atoms with Gasteiger partial charge >= 0.3 is 0 Å². The fraction of sp³-hybridized carbons (Fsp3) is 0.238. The summed E-state index contributed by atoms with van der Waals surface area (Å²) in [4.78, 5) is 12.0. The number of anilines is 1. The second-order valence-electron chi connectivity index (χ2n) is 6.28. The van der Waals surface area contributed by atoms with Crippen molar-refractivity contribution in [1.82, 2.24) is 15.6 Å². The second-order valence-corrected chi connectivity index (χ2v) is 8.22. The second kappa shape index (κ2) is 12.0. The molecule has 0 aliphatic rings. The van der Waals surface area contributed by atoms with Crippen molar-refractivity contribution in [3.8, 4) is 17.2 Å². The first kappa shape index (κ1) is 23.5. The van der Waals surface area contributed by atoms with Crippen molar-refractivity contribution in [2.75, 3.05) is 25.6 Å². The zero-order valence-corrected chi connectivity index (χ0v) is 19.7. The number of rotatable bonds is 11. The number of halogens is 1. The van der Waals surface area contributed by atoms with E-state index in [0.29, 0.717) is 51.5 Å². The van der Waals surface area contributed by atoms with Gasteiger partial charge in [-0.25, -0.2) is 5.43 Å². The lowest BCUT2D eigenvalue weighted by molar-refractivity contribution is -0.120. The Morgan fingerprint density at radius 3 is 2.69 bits per heavy atom. The lowest BCUT2D eigenvalue weighted by atomic mass is 10.2. The standard InChI is InChI=1S/C21H22BrN5O4S/c1-2-29-17-11-14(13-24-25-18(28)12-19-26-27-21(23)32-19)10-16(22)20(17)31-9-8-30-15-6-4-3-5-7-15/h3-7,10-11,13H,2,8-9,12H2,1H3,(H2,23,27)(H,25,28). The predicted molar refractivity (Wildman–Crippen MR) is 127 cm³/mol. The number of hydrazone groups is 1. The Kier molecular flexibility index (Phi) is 8.81. The molecule has 0 bridgehead atoms. The molecule has 0 fully saturated rings. The number of nitrogens with zero attached hydrogens (tertiary/aromatic N) is 3. The summed E-state index contributed by atoms with van der Waals surface area (Å²) in [7, 11) is 0. The summed E-state index contributed by atoms with van der Waals surface area (Å²) < 4.78 is 17.9. The largest absolute Gasteiger partial charge is 0.490 e. The maximum absolute atomic E-state index is 12.0. The molecule has 0 spiro atoms. The highest BCUT2D eigenvalue weighted by Gasteiger charge is 2.12. The summed E-state index contributed by atoms with van der Waals surface area (Å²) in [5, 5.41) is 12.3. The molecule has 3 aromatic rings. The molecule has 0 aliphatic carbocycles. The number of hydrogen-bond donors (Lipinski definition) is 2. The molecule has 2 aromatic carbocycles. The number of carbonyl (C=O) groups excluding carboxylic acids is 1. The highest BCUT2D eigenvalue weighted by atomic mass is 79.9. The van der Waals surface area contributed by atoms with E-state index in [0.717, 1.165) is 17.1 Å². The minimum atomic E-state index is -0.320. The molecule has 9 nitrogen and oxygen atoms in total. The van der Waals surface area contributed by atoms with E-state index in [4.69, 9.17) is 19.9 Å². The van der Waals surface area contributed by atoms with Gasteiger partial charge in [-0.2, -0.15) is 5.10 Å². The Labute approximate surface area is 197 Å². The Bertz CT molecular complexity index is 1060. The van der Waals surface area contributed by atoms with Crippen molar-refractivity contribution in [3.63, 3.8) is 0 Å². The van der Waals surface area contributed by atoms with Crippen LogP contribution in [-0.2, 0) is 11.2 Å². The fourth-order valence-electron chi connectivity index (χ4n) is 2.58. The van der Waals surface area contributed by atoms with E-state index in [1.165, 1.54) is 6.21 Å².